The Morgan fingerprint density at radius 2 is 1.67 bits per heavy atom. The highest BCUT2D eigenvalue weighted by molar-refractivity contribution is 6.22. The Labute approximate surface area is 279 Å². The zero-order valence-corrected chi connectivity index (χ0v) is 26.7. The molecule has 1 aliphatic carbocycles. The number of amides is 2. The molecule has 2 heterocycles. The number of aromatic hydroxyl groups is 1. The fourth-order valence-electron chi connectivity index (χ4n) is 6.97. The lowest BCUT2D eigenvalue weighted by molar-refractivity contribution is -0.123. The Balaban J connectivity index is 1.25. The molecule has 1 saturated heterocycles. The number of aliphatic hydroxyl groups excluding tert-OH is 2. The number of nitrogens with one attached hydrogen (secondary N) is 1. The third-order valence-electron chi connectivity index (χ3n) is 9.19. The van der Waals surface area contributed by atoms with Crippen LogP contribution in [0.2, 0.25) is 0 Å². The average molecular weight is 646 g/mol. The van der Waals surface area contributed by atoms with Crippen molar-refractivity contribution in [2.45, 2.75) is 25.4 Å². The van der Waals surface area contributed by atoms with Gasteiger partial charge in [-0.2, -0.15) is 0 Å². The predicted molar refractivity (Wildman–Crippen MR) is 185 cm³/mol. The number of para-hydroxylation sites is 2. The van der Waals surface area contributed by atoms with Crippen LogP contribution in [0.15, 0.2) is 114 Å². The summed E-state index contributed by atoms with van der Waals surface area (Å²) >= 11 is 0. The molecule has 2 aliphatic rings. The number of benzene rings is 3. The Kier molecular flexibility index (Phi) is 10.1. The van der Waals surface area contributed by atoms with Crippen LogP contribution in [-0.4, -0.2) is 58.5 Å². The SMILES string of the molecule is COCC1=C([C@H](O)CC/C(=C/c2ccccc2O)c2ccccn2)[C@H](CO)[C@@H]2C(=O)N(c3ccc(Nc4ccccc4)cc3)C(=O)[C@@H]2C1. The Morgan fingerprint density at radius 1 is 0.958 bits per heavy atom. The molecule has 9 heteroatoms. The van der Waals surface area contributed by atoms with Crippen molar-refractivity contribution in [1.82, 2.24) is 4.98 Å². The first-order valence-corrected chi connectivity index (χ1v) is 16.1. The van der Waals surface area contributed by atoms with Crippen LogP contribution >= 0.6 is 0 Å². The number of phenolic OH excluding ortho intramolecular Hbond substituents is 1. The summed E-state index contributed by atoms with van der Waals surface area (Å²) in [5.41, 5.74) is 5.60. The number of carbonyl (C=O) groups is 2. The first kappa shape index (κ1) is 32.8. The van der Waals surface area contributed by atoms with E-state index in [9.17, 15) is 24.9 Å². The number of hydrogen-bond donors (Lipinski definition) is 4. The molecule has 3 aromatic carbocycles. The molecule has 246 valence electrons. The number of fused-ring (bicyclic) bond motifs is 1. The van der Waals surface area contributed by atoms with Crippen molar-refractivity contribution in [3.05, 3.63) is 126 Å². The molecule has 4 aromatic rings. The maximum absolute atomic E-state index is 14.0. The zero-order chi connectivity index (χ0) is 33.6. The monoisotopic (exact) mass is 645 g/mol. The van der Waals surface area contributed by atoms with Gasteiger partial charge in [-0.3, -0.25) is 19.5 Å². The molecule has 0 unspecified atom stereocenters. The summed E-state index contributed by atoms with van der Waals surface area (Å²) in [4.78, 5) is 33.6. The number of phenols is 1. The van der Waals surface area contributed by atoms with Gasteiger partial charge in [0.2, 0.25) is 11.8 Å². The van der Waals surface area contributed by atoms with Crippen LogP contribution in [0.4, 0.5) is 17.1 Å². The van der Waals surface area contributed by atoms with Gasteiger partial charge in [-0.1, -0.05) is 42.5 Å². The van der Waals surface area contributed by atoms with Gasteiger partial charge in [-0.05, 0) is 96.7 Å². The maximum atomic E-state index is 14.0. The van der Waals surface area contributed by atoms with Crippen molar-refractivity contribution in [3.63, 3.8) is 0 Å². The number of allylic oxidation sites excluding steroid dienone is 1. The molecule has 0 spiro atoms. The molecule has 6 rings (SSSR count). The van der Waals surface area contributed by atoms with Gasteiger partial charge < -0.3 is 25.4 Å². The summed E-state index contributed by atoms with van der Waals surface area (Å²) in [6.45, 7) is -0.247. The number of carbonyl (C=O) groups excluding carboxylic acids is 2. The summed E-state index contributed by atoms with van der Waals surface area (Å²) in [5, 5.41) is 36.2. The van der Waals surface area contributed by atoms with Crippen molar-refractivity contribution in [1.29, 1.82) is 0 Å². The number of rotatable bonds is 12. The van der Waals surface area contributed by atoms with E-state index >= 15 is 0 Å². The van der Waals surface area contributed by atoms with Gasteiger partial charge >= 0.3 is 0 Å². The molecule has 1 aliphatic heterocycles. The molecule has 0 saturated carbocycles. The fraction of sp³-hybridized carbons (Fsp3) is 0.256. The average Bonchev–Trinajstić information content (AvgIpc) is 3.36. The van der Waals surface area contributed by atoms with E-state index < -0.39 is 30.5 Å². The van der Waals surface area contributed by atoms with Crippen LogP contribution < -0.4 is 10.2 Å². The van der Waals surface area contributed by atoms with Crippen molar-refractivity contribution in [3.8, 4) is 5.75 Å². The highest BCUT2D eigenvalue weighted by atomic mass is 16.5. The Hall–Kier alpha value is -5.09. The number of aliphatic hydroxyl groups is 2. The lowest BCUT2D eigenvalue weighted by atomic mass is 9.68. The third kappa shape index (κ3) is 6.80. The molecule has 1 fully saturated rings. The van der Waals surface area contributed by atoms with Gasteiger partial charge in [-0.15, -0.1) is 0 Å². The molecule has 0 bridgehead atoms. The second-order valence-electron chi connectivity index (χ2n) is 12.2. The lowest BCUT2D eigenvalue weighted by Gasteiger charge is -2.36. The highest BCUT2D eigenvalue weighted by Gasteiger charge is 2.55. The summed E-state index contributed by atoms with van der Waals surface area (Å²) < 4.78 is 5.51. The molecule has 9 nitrogen and oxygen atoms in total. The predicted octanol–water partition coefficient (Wildman–Crippen LogP) is 5.97. The first-order chi connectivity index (χ1) is 23.4. The second kappa shape index (κ2) is 14.8. The second-order valence-corrected chi connectivity index (χ2v) is 12.2. The molecule has 0 radical (unpaired) electrons. The van der Waals surface area contributed by atoms with Crippen LogP contribution in [0.1, 0.15) is 30.5 Å². The van der Waals surface area contributed by atoms with E-state index in [1.807, 2.05) is 72.8 Å². The van der Waals surface area contributed by atoms with Crippen molar-refractivity contribution < 1.29 is 29.6 Å². The number of imide groups is 1. The van der Waals surface area contributed by atoms with Gasteiger partial charge in [0, 0.05) is 36.2 Å². The number of methoxy groups -OCH3 is 1. The molecular weight excluding hydrogens is 606 g/mol. The number of hydrogen-bond acceptors (Lipinski definition) is 8. The molecular formula is C39H39N3O6. The number of nitrogens with zero attached hydrogens (tertiary/aromatic N) is 2. The number of pyridine rings is 1. The van der Waals surface area contributed by atoms with Crippen LogP contribution in [0.25, 0.3) is 11.6 Å². The number of anilines is 3. The standard InChI is InChI=1S/C39H39N3O6/c1-48-24-27-22-31-37(39(47)42(38(31)46)30-17-15-29(16-18-30)41-28-10-3-2-4-11-28)32(23-43)36(27)35(45)19-14-25(33-12-7-8-20-40-33)21-26-9-5-6-13-34(26)44/h2-13,15-18,20-21,31-32,35,37,41,43-45H,14,19,22-24H2,1H3/b25-21-/t31-,32+,35-,37-/m1/s1. The Morgan fingerprint density at radius 3 is 2.35 bits per heavy atom. The van der Waals surface area contributed by atoms with Crippen LogP contribution in [0.3, 0.4) is 0 Å². The van der Waals surface area contributed by atoms with Crippen molar-refractivity contribution >= 4 is 40.5 Å². The van der Waals surface area contributed by atoms with Crippen LogP contribution in [0, 0.1) is 17.8 Å². The van der Waals surface area contributed by atoms with Gasteiger partial charge in [0.15, 0.2) is 0 Å². The quantitative estimate of drug-likeness (QED) is 0.109. The van der Waals surface area contributed by atoms with Gasteiger partial charge in [0.25, 0.3) is 0 Å². The summed E-state index contributed by atoms with van der Waals surface area (Å²) in [6, 6.07) is 29.4. The van der Waals surface area contributed by atoms with Gasteiger partial charge in [-0.25, -0.2) is 0 Å². The molecule has 2 amide bonds. The van der Waals surface area contributed by atoms with Gasteiger partial charge in [0.05, 0.1) is 42.5 Å². The van der Waals surface area contributed by atoms with E-state index in [4.69, 9.17) is 4.74 Å². The summed E-state index contributed by atoms with van der Waals surface area (Å²) in [6.07, 6.45) is 3.42. The largest absolute Gasteiger partial charge is 0.507 e. The maximum Gasteiger partial charge on any atom is 0.238 e. The van der Waals surface area contributed by atoms with E-state index in [0.717, 1.165) is 22.5 Å². The minimum atomic E-state index is -1.02. The number of ether oxygens (including phenoxy) is 1. The highest BCUT2D eigenvalue weighted by Crippen LogP contribution is 2.47. The third-order valence-corrected chi connectivity index (χ3v) is 9.19. The number of aromatic nitrogens is 1. The van der Waals surface area contributed by atoms with E-state index in [-0.39, 0.29) is 37.0 Å². The molecule has 1 aromatic heterocycles. The molecule has 48 heavy (non-hydrogen) atoms. The lowest BCUT2D eigenvalue weighted by Crippen LogP contribution is -2.39. The topological polar surface area (TPSA) is 132 Å². The van der Waals surface area contributed by atoms with E-state index in [0.29, 0.717) is 28.9 Å². The first-order valence-electron chi connectivity index (χ1n) is 16.1. The van der Waals surface area contributed by atoms with Crippen LogP contribution in [-0.2, 0) is 14.3 Å². The zero-order valence-electron chi connectivity index (χ0n) is 26.7. The molecule has 4 atom stereocenters. The van der Waals surface area contributed by atoms with Crippen LogP contribution in [0.5, 0.6) is 5.75 Å². The van der Waals surface area contributed by atoms with E-state index in [1.165, 1.54) is 4.90 Å². The molecule has 4 N–H and O–H groups in total. The minimum Gasteiger partial charge on any atom is -0.507 e. The van der Waals surface area contributed by atoms with Crippen molar-refractivity contribution in [2.75, 3.05) is 30.5 Å². The normalized spacial score (nSPS) is 20.2. The minimum absolute atomic E-state index is 0.131. The van der Waals surface area contributed by atoms with E-state index in [1.54, 1.807) is 43.6 Å². The summed E-state index contributed by atoms with van der Waals surface area (Å²) in [7, 11) is 1.55. The van der Waals surface area contributed by atoms with E-state index in [2.05, 4.69) is 10.3 Å². The summed E-state index contributed by atoms with van der Waals surface area (Å²) in [5.74, 6) is -2.83. The Bertz CT molecular complexity index is 1810. The van der Waals surface area contributed by atoms with Gasteiger partial charge in [0.1, 0.15) is 5.75 Å². The fourth-order valence-corrected chi connectivity index (χ4v) is 6.97. The van der Waals surface area contributed by atoms with Crippen molar-refractivity contribution in [2.24, 2.45) is 17.8 Å². The smallest absolute Gasteiger partial charge is 0.238 e.